The number of aliphatic imine (C=N–C) groups is 2. The van der Waals surface area contributed by atoms with E-state index in [0.29, 0.717) is 5.56 Å². The second kappa shape index (κ2) is 31.8. The first-order chi connectivity index (χ1) is 46.4. The van der Waals surface area contributed by atoms with Crippen molar-refractivity contribution >= 4 is 47.4 Å². The molecule has 26 atom stereocenters. The van der Waals surface area contributed by atoms with Gasteiger partial charge in [0.25, 0.3) is 0 Å². The van der Waals surface area contributed by atoms with Gasteiger partial charge in [-0.25, -0.2) is 4.99 Å². The van der Waals surface area contributed by atoms with Gasteiger partial charge in [0.05, 0.1) is 51.6 Å². The third-order valence-electron chi connectivity index (χ3n) is 18.8. The van der Waals surface area contributed by atoms with E-state index in [-0.39, 0.29) is 36.3 Å². The fourth-order valence-corrected chi connectivity index (χ4v) is 13.2. The fraction of sp³-hybridized carbons (Fsp3) is 0.667. The van der Waals surface area contributed by atoms with Gasteiger partial charge in [-0.1, -0.05) is 62.2 Å². The zero-order valence-corrected chi connectivity index (χ0v) is 52.4. The van der Waals surface area contributed by atoms with Crippen molar-refractivity contribution < 1.29 is 123 Å². The molecule has 536 valence electrons. The lowest BCUT2D eigenvalue weighted by Crippen LogP contribution is -2.70. The van der Waals surface area contributed by atoms with E-state index in [1.807, 2.05) is 0 Å². The highest BCUT2D eigenvalue weighted by Crippen LogP contribution is 2.38. The molecule has 8 aliphatic rings. The lowest BCUT2D eigenvalue weighted by molar-refractivity contribution is -0.385. The van der Waals surface area contributed by atoms with Gasteiger partial charge in [0, 0.05) is 24.8 Å². The number of rotatable bonds is 17. The molecule has 37 heteroatoms. The van der Waals surface area contributed by atoms with Gasteiger partial charge in [-0.05, 0) is 36.1 Å². The van der Waals surface area contributed by atoms with Crippen molar-refractivity contribution in [1.82, 2.24) is 42.1 Å². The highest BCUT2D eigenvalue weighted by atomic mass is 16.8. The SMILES string of the molecule is C[C@@H](c1ccccc1)[C@@H]1NC(=O)CNC(=O)[C@H](CO)NC(=O)[C@@H]([C@@H](O)[C@@H]2CN=C(N)N2[C@H]2O[C@H](CO)[C@@H](O)[C@H](O)[C@@H]2O)NC(=O)[C@H]([C@@H](O)[C@@H]2CNC(N)=N2)NC(=O)[C@@H](Cc2ccc(O[C@H]3O[C@H](CO)[C@@H](O[C@H]4O[C@@H]5CO[C@@H](C6CCCC6)O[C@H]5[C@H](O)[C@@H]4O)[C@H](O)[C@@H]3O)cc2)NC1=O. The zero-order chi connectivity index (χ0) is 69.7. The maximum atomic E-state index is 15.2. The number of aliphatic hydroxyl groups excluding tert-OH is 12. The molecule has 23 N–H and O–H groups in total. The highest BCUT2D eigenvalue weighted by Gasteiger charge is 2.56. The summed E-state index contributed by atoms with van der Waals surface area (Å²) in [6, 6.07) is 1.01. The summed E-state index contributed by atoms with van der Waals surface area (Å²) in [5.74, 6) is -8.75. The normalized spacial score (nSPS) is 38.4. The van der Waals surface area contributed by atoms with E-state index >= 15 is 9.59 Å². The molecule has 0 unspecified atom stereocenters. The van der Waals surface area contributed by atoms with E-state index in [2.05, 4.69) is 47.2 Å². The largest absolute Gasteiger partial charge is 0.462 e. The summed E-state index contributed by atoms with van der Waals surface area (Å²) in [5.41, 5.74) is 12.9. The van der Waals surface area contributed by atoms with Gasteiger partial charge in [-0.15, -0.1) is 0 Å². The van der Waals surface area contributed by atoms with E-state index < -0.39 is 239 Å². The number of nitrogens with two attached hydrogens (primary N) is 2. The molecule has 6 amide bonds. The van der Waals surface area contributed by atoms with Crippen molar-refractivity contribution in [3.63, 3.8) is 0 Å². The molecule has 0 spiro atoms. The van der Waals surface area contributed by atoms with Gasteiger partial charge in [0.2, 0.25) is 41.7 Å². The molecule has 10 rings (SSSR count). The Balaban J connectivity index is 0.913. The maximum absolute atomic E-state index is 15.2. The molecule has 97 heavy (non-hydrogen) atoms. The summed E-state index contributed by atoms with van der Waals surface area (Å²) in [5, 5.41) is 150. The number of hydrogen-bond acceptors (Lipinski definition) is 31. The Morgan fingerprint density at radius 1 is 0.639 bits per heavy atom. The van der Waals surface area contributed by atoms with Gasteiger partial charge in [-0.3, -0.25) is 33.8 Å². The number of hydrogen-bond donors (Lipinski definition) is 21. The molecule has 7 heterocycles. The topological polar surface area (TPSA) is 574 Å². The molecular formula is C60H86N12O25. The van der Waals surface area contributed by atoms with E-state index in [9.17, 15) is 80.5 Å². The van der Waals surface area contributed by atoms with E-state index in [4.69, 9.17) is 44.6 Å². The van der Waals surface area contributed by atoms with Crippen LogP contribution in [0, 0.1) is 5.92 Å². The van der Waals surface area contributed by atoms with Crippen LogP contribution in [-0.2, 0) is 63.6 Å². The van der Waals surface area contributed by atoms with Crippen LogP contribution in [-0.4, -0.2) is 312 Å². The number of ether oxygens (including phenoxy) is 7. The summed E-state index contributed by atoms with van der Waals surface area (Å²) < 4.78 is 41.4. The Morgan fingerprint density at radius 2 is 1.29 bits per heavy atom. The van der Waals surface area contributed by atoms with Crippen LogP contribution in [0.25, 0.3) is 0 Å². The average molecular weight is 1380 g/mol. The first-order valence-corrected chi connectivity index (χ1v) is 32.0. The molecule has 0 aromatic heterocycles. The molecule has 0 bridgehead atoms. The minimum Gasteiger partial charge on any atom is -0.462 e. The number of guanidine groups is 2. The molecule has 37 nitrogen and oxygen atoms in total. The molecular weight excluding hydrogens is 1290 g/mol. The number of carbonyl (C=O) groups is 6. The van der Waals surface area contributed by atoms with Gasteiger partial charge in [-0.2, -0.15) is 0 Å². The van der Waals surface area contributed by atoms with Crippen molar-refractivity contribution in [3.8, 4) is 5.75 Å². The minimum absolute atomic E-state index is 0.00470. The van der Waals surface area contributed by atoms with Gasteiger partial charge in [0.15, 0.2) is 30.7 Å². The van der Waals surface area contributed by atoms with Crippen molar-refractivity contribution in [1.29, 1.82) is 0 Å². The number of carbonyl (C=O) groups excluding carboxylic acids is 6. The van der Waals surface area contributed by atoms with Gasteiger partial charge >= 0.3 is 0 Å². The Morgan fingerprint density at radius 3 is 1.96 bits per heavy atom. The minimum atomic E-state index is -2.34. The number of aliphatic hydroxyl groups is 12. The van der Waals surface area contributed by atoms with Crippen LogP contribution in [0.1, 0.15) is 49.7 Å². The monoisotopic (exact) mass is 1370 g/mol. The van der Waals surface area contributed by atoms with Crippen LogP contribution in [0.3, 0.4) is 0 Å². The Labute approximate surface area is 553 Å². The summed E-state index contributed by atoms with van der Waals surface area (Å²) in [7, 11) is 0. The molecule has 2 aromatic carbocycles. The van der Waals surface area contributed by atoms with Crippen LogP contribution in [0.2, 0.25) is 0 Å². The standard InChI is InChI=1S/C60H86N12O25/c1-23(25-7-3-2-4-8-25)36-52(88)66-28(15-24-11-13-27(14-12-24)92-57-46(84)43(81)48(33(21-75)94-57)97-58-47(85)44(82)49-34(95-58)22-91-56(96-49)26-9-5-6-10-26)51(87)70-37(39(77)29-16-64-59(61)68-29)54(90)71-38(53(89)67-30(19-73)50(86)63-18-35(76)69-36)40(78)31-17-65-60(62)72(31)55-45(83)42(80)41(79)32(20-74)93-55/h2-4,7-8,11-14,23,26,28-34,36-49,55-58,73-75,77-85H,5-6,9-10,15-22H2,1H3,(H2,62,65)(H,63,86)(H,66,88)(H,67,89)(H,69,76)(H,70,87)(H,71,90)(H3,61,64,68)/t23-,28+,29-,30-,31-,32+,33+,34+,36-,37-,38+,39-,40-,41+,42-,43+,44+,45-,46-,47-,48+,49+,55-,56+,57-,58+/m0/s1. The molecule has 7 aliphatic heterocycles. The molecule has 2 aromatic rings. The van der Waals surface area contributed by atoms with Gasteiger partial charge < -0.3 is 148 Å². The first-order valence-electron chi connectivity index (χ1n) is 32.0. The van der Waals surface area contributed by atoms with E-state index in [1.54, 1.807) is 37.3 Å². The first kappa shape index (κ1) is 72.6. The molecule has 6 fully saturated rings. The second-order valence-electron chi connectivity index (χ2n) is 25.2. The van der Waals surface area contributed by atoms with Crippen molar-refractivity contribution in [2.24, 2.45) is 27.4 Å². The number of nitrogens with one attached hydrogen (secondary N) is 7. The number of nitrogens with zero attached hydrogens (tertiary/aromatic N) is 3. The van der Waals surface area contributed by atoms with Crippen molar-refractivity contribution in [3.05, 3.63) is 65.7 Å². The molecule has 0 radical (unpaired) electrons. The summed E-state index contributed by atoms with van der Waals surface area (Å²) in [6.45, 7) is -2.98. The predicted octanol–water partition coefficient (Wildman–Crippen LogP) is -11.0. The average Bonchev–Trinajstić information content (AvgIpc) is 1.71. The molecule has 5 saturated heterocycles. The second-order valence-corrected chi connectivity index (χ2v) is 25.2. The number of benzene rings is 2. The summed E-state index contributed by atoms with van der Waals surface area (Å²) >= 11 is 0. The third kappa shape index (κ3) is 16.1. The third-order valence-corrected chi connectivity index (χ3v) is 18.8. The lowest BCUT2D eigenvalue weighted by Gasteiger charge is -2.49. The van der Waals surface area contributed by atoms with Crippen molar-refractivity contribution in [2.75, 3.05) is 46.1 Å². The summed E-state index contributed by atoms with van der Waals surface area (Å²) in [6.07, 6.45) is -26.1. The van der Waals surface area contributed by atoms with Gasteiger partial charge in [0.1, 0.15) is 121 Å². The van der Waals surface area contributed by atoms with Crippen LogP contribution in [0.15, 0.2) is 64.6 Å². The zero-order valence-electron chi connectivity index (χ0n) is 52.4. The summed E-state index contributed by atoms with van der Waals surface area (Å²) in [4.78, 5) is 96.6. The quantitative estimate of drug-likeness (QED) is 0.0699. The fourth-order valence-electron chi connectivity index (χ4n) is 13.2. The lowest BCUT2D eigenvalue weighted by atomic mass is 9.92. The number of fused-ring (bicyclic) bond motifs is 1. The van der Waals surface area contributed by atoms with Crippen LogP contribution >= 0.6 is 0 Å². The number of amides is 6. The Hall–Kier alpha value is -7.12. The van der Waals surface area contributed by atoms with Crippen LogP contribution < -0.4 is 53.4 Å². The van der Waals surface area contributed by atoms with Crippen LogP contribution in [0.4, 0.5) is 0 Å². The Kier molecular flexibility index (Phi) is 23.8. The van der Waals surface area contributed by atoms with E-state index in [1.165, 1.54) is 24.3 Å². The van der Waals surface area contributed by atoms with Crippen molar-refractivity contribution in [2.45, 2.75) is 198 Å². The Bertz CT molecular complexity index is 3120. The molecule has 1 saturated carbocycles. The van der Waals surface area contributed by atoms with E-state index in [0.717, 1.165) is 30.6 Å². The highest BCUT2D eigenvalue weighted by molar-refractivity contribution is 5.98. The van der Waals surface area contributed by atoms with Crippen LogP contribution in [0.5, 0.6) is 5.75 Å². The maximum Gasteiger partial charge on any atom is 0.246 e. The smallest absolute Gasteiger partial charge is 0.246 e. The predicted molar refractivity (Wildman–Crippen MR) is 327 cm³/mol. The molecule has 1 aliphatic carbocycles.